The molecule has 0 unspecified atom stereocenters. The Bertz CT molecular complexity index is 66.8. The van der Waals surface area contributed by atoms with Crippen LogP contribution in [-0.2, 0) is 4.79 Å². The van der Waals surface area contributed by atoms with Crippen molar-refractivity contribution in [1.29, 1.82) is 0 Å². The maximum absolute atomic E-state index is 9.65. The molecule has 0 amide bonds. The van der Waals surface area contributed by atoms with E-state index >= 15 is 0 Å². The normalized spacial score (nSPS) is 6.78. The zero-order chi connectivity index (χ0) is 5.70. The number of aliphatic hydroxyl groups is 1. The Morgan fingerprint density at radius 3 is 1.89 bits per heavy atom. The van der Waals surface area contributed by atoms with Crippen LogP contribution in [-0.4, -0.2) is 81.9 Å². The molecule has 2 N–H and O–H groups in total. The van der Waals surface area contributed by atoms with E-state index in [1.54, 1.807) is 0 Å². The third-order valence-electron chi connectivity index (χ3n) is 0.549. The molecule has 44 valence electrons. The summed E-state index contributed by atoms with van der Waals surface area (Å²) in [6.45, 7) is -0.0354. The molecule has 0 aromatic carbocycles. The first-order valence-electron chi connectivity index (χ1n) is 2.10. The smallest absolute Gasteiger partial charge is 0.303 e. The van der Waals surface area contributed by atoms with Crippen LogP contribution in [0.1, 0.15) is 12.8 Å². The first kappa shape index (κ1) is 16.8. The summed E-state index contributed by atoms with van der Waals surface area (Å²) in [6, 6.07) is 0. The summed E-state index contributed by atoms with van der Waals surface area (Å²) in [5.41, 5.74) is 0. The van der Waals surface area contributed by atoms with E-state index < -0.39 is 5.97 Å². The fraction of sp³-hybridized carbons (Fsp3) is 0.750. The molecular weight excluding hydrogens is 142 g/mol. The van der Waals surface area contributed by atoms with Crippen molar-refractivity contribution in [1.82, 2.24) is 0 Å². The first-order chi connectivity index (χ1) is 3.27. The molecule has 0 fully saturated rings. The maximum Gasteiger partial charge on any atom is 0.303 e. The first-order valence-corrected chi connectivity index (χ1v) is 2.10. The van der Waals surface area contributed by atoms with E-state index in [4.69, 9.17) is 10.2 Å². The Morgan fingerprint density at radius 1 is 1.33 bits per heavy atom. The molecule has 0 aromatic heterocycles. The van der Waals surface area contributed by atoms with Crippen molar-refractivity contribution in [3.8, 4) is 0 Å². The summed E-state index contributed by atoms with van der Waals surface area (Å²) in [7, 11) is 0. The number of hydrogen-bond donors (Lipinski definition) is 2. The van der Waals surface area contributed by atoms with Crippen LogP contribution < -0.4 is 0 Å². The zero-order valence-corrected chi connectivity index (χ0v) is 9.92. The van der Waals surface area contributed by atoms with Gasteiger partial charge in [0.25, 0.3) is 0 Å². The molecule has 0 heterocycles. The number of carbonyl (C=O) groups is 1. The standard InChI is InChI=1S/C4H8O3.2Na/c5-3-1-2-4(6)7;;/h5H,1-3H2,(H,6,7);;. The van der Waals surface area contributed by atoms with Gasteiger partial charge in [-0.2, -0.15) is 0 Å². The molecule has 0 rings (SSSR count). The van der Waals surface area contributed by atoms with E-state index in [2.05, 4.69) is 0 Å². The molecule has 0 spiro atoms. The summed E-state index contributed by atoms with van der Waals surface area (Å²) >= 11 is 0. The van der Waals surface area contributed by atoms with Gasteiger partial charge < -0.3 is 10.2 Å². The topological polar surface area (TPSA) is 57.5 Å². The molecule has 0 bridgehead atoms. The van der Waals surface area contributed by atoms with Gasteiger partial charge in [-0.05, 0) is 6.42 Å². The average molecular weight is 150 g/mol. The van der Waals surface area contributed by atoms with Crippen LogP contribution in [0.5, 0.6) is 0 Å². The van der Waals surface area contributed by atoms with Gasteiger partial charge in [0.15, 0.2) is 0 Å². The van der Waals surface area contributed by atoms with Gasteiger partial charge in [-0.25, -0.2) is 0 Å². The number of hydrogen-bond acceptors (Lipinski definition) is 2. The predicted molar refractivity (Wildman–Crippen MR) is 35.5 cm³/mol. The van der Waals surface area contributed by atoms with Crippen LogP contribution in [0, 0.1) is 0 Å². The molecule has 2 radical (unpaired) electrons. The van der Waals surface area contributed by atoms with E-state index in [0.29, 0.717) is 6.42 Å². The van der Waals surface area contributed by atoms with Crippen molar-refractivity contribution in [3.63, 3.8) is 0 Å². The Hall–Kier alpha value is 1.43. The minimum atomic E-state index is -0.853. The third kappa shape index (κ3) is 17.7. The number of aliphatic hydroxyl groups excluding tert-OH is 1. The quantitative estimate of drug-likeness (QED) is 0.511. The Kier molecular flexibility index (Phi) is 22.7. The zero-order valence-electron chi connectivity index (χ0n) is 5.92. The summed E-state index contributed by atoms with van der Waals surface area (Å²) in [5, 5.41) is 16.0. The Balaban J connectivity index is -0.000000180. The molecule has 0 aromatic rings. The largest absolute Gasteiger partial charge is 0.481 e. The van der Waals surface area contributed by atoms with Crippen molar-refractivity contribution >= 4 is 65.1 Å². The van der Waals surface area contributed by atoms with Crippen molar-refractivity contribution in [2.24, 2.45) is 0 Å². The van der Waals surface area contributed by atoms with Crippen LogP contribution in [0.15, 0.2) is 0 Å². The molecule has 9 heavy (non-hydrogen) atoms. The second-order valence-corrected chi connectivity index (χ2v) is 1.22. The van der Waals surface area contributed by atoms with Gasteiger partial charge in [0.1, 0.15) is 0 Å². The monoisotopic (exact) mass is 150 g/mol. The van der Waals surface area contributed by atoms with Gasteiger partial charge in [-0.3, -0.25) is 4.79 Å². The Labute approximate surface area is 98.4 Å². The summed E-state index contributed by atoms with van der Waals surface area (Å²) in [6.07, 6.45) is 0.422. The van der Waals surface area contributed by atoms with Gasteiger partial charge in [-0.1, -0.05) is 0 Å². The molecule has 3 nitrogen and oxygen atoms in total. The molecule has 5 heteroatoms. The minimum absolute atomic E-state index is 0. The SMILES string of the molecule is O=C(O)CCCO.[Na].[Na]. The second kappa shape index (κ2) is 12.1. The van der Waals surface area contributed by atoms with Crippen LogP contribution in [0.25, 0.3) is 0 Å². The van der Waals surface area contributed by atoms with Gasteiger partial charge >= 0.3 is 5.97 Å². The molecular formula is C4H8Na2O3. The van der Waals surface area contributed by atoms with Crippen molar-refractivity contribution in [2.75, 3.05) is 6.61 Å². The van der Waals surface area contributed by atoms with Crippen molar-refractivity contribution in [3.05, 3.63) is 0 Å². The number of aliphatic carboxylic acids is 1. The predicted octanol–water partition coefficient (Wildman–Crippen LogP) is -0.918. The molecule has 0 aliphatic carbocycles. The van der Waals surface area contributed by atoms with Gasteiger partial charge in [0, 0.05) is 72.1 Å². The fourth-order valence-electron chi connectivity index (χ4n) is 0.230. The maximum atomic E-state index is 9.65. The molecule has 0 aliphatic heterocycles. The summed E-state index contributed by atoms with van der Waals surface area (Å²) in [5.74, 6) is -0.853. The summed E-state index contributed by atoms with van der Waals surface area (Å²) in [4.78, 5) is 9.65. The minimum Gasteiger partial charge on any atom is -0.481 e. The van der Waals surface area contributed by atoms with E-state index in [1.807, 2.05) is 0 Å². The fourth-order valence-corrected chi connectivity index (χ4v) is 0.230. The average Bonchev–Trinajstić information content (AvgIpc) is 1.61. The Morgan fingerprint density at radius 2 is 1.78 bits per heavy atom. The molecule has 0 atom stereocenters. The van der Waals surface area contributed by atoms with Crippen LogP contribution in [0.4, 0.5) is 0 Å². The molecule has 0 saturated carbocycles. The number of rotatable bonds is 3. The van der Waals surface area contributed by atoms with E-state index in [9.17, 15) is 4.79 Å². The number of carboxylic acid groups (broad SMARTS) is 1. The summed E-state index contributed by atoms with van der Waals surface area (Å²) < 4.78 is 0. The van der Waals surface area contributed by atoms with Gasteiger partial charge in [0.2, 0.25) is 0 Å². The number of carboxylic acids is 1. The van der Waals surface area contributed by atoms with Crippen molar-refractivity contribution in [2.45, 2.75) is 12.8 Å². The third-order valence-corrected chi connectivity index (χ3v) is 0.549. The van der Waals surface area contributed by atoms with Gasteiger partial charge in [-0.15, -0.1) is 0 Å². The van der Waals surface area contributed by atoms with E-state index in [-0.39, 0.29) is 72.1 Å². The molecule has 0 aliphatic rings. The van der Waals surface area contributed by atoms with E-state index in [1.165, 1.54) is 0 Å². The second-order valence-electron chi connectivity index (χ2n) is 1.22. The van der Waals surface area contributed by atoms with Crippen LogP contribution in [0.3, 0.4) is 0 Å². The van der Waals surface area contributed by atoms with E-state index in [0.717, 1.165) is 0 Å². The van der Waals surface area contributed by atoms with Gasteiger partial charge in [0.05, 0.1) is 0 Å². The van der Waals surface area contributed by atoms with Crippen LogP contribution >= 0.6 is 0 Å². The van der Waals surface area contributed by atoms with Crippen LogP contribution in [0.2, 0.25) is 0 Å². The molecule has 0 saturated heterocycles. The van der Waals surface area contributed by atoms with Crippen molar-refractivity contribution < 1.29 is 15.0 Å².